The molecule has 0 unspecified atom stereocenters. The fourth-order valence-corrected chi connectivity index (χ4v) is 2.31. The molecule has 0 aliphatic rings. The molecule has 23 heavy (non-hydrogen) atoms. The predicted octanol–water partition coefficient (Wildman–Crippen LogP) is 3.63. The van der Waals surface area contributed by atoms with Crippen LogP contribution >= 0.6 is 0 Å². The lowest BCUT2D eigenvalue weighted by atomic mass is 10.1. The van der Waals surface area contributed by atoms with Gasteiger partial charge in [0.25, 0.3) is 0 Å². The summed E-state index contributed by atoms with van der Waals surface area (Å²) in [7, 11) is 3.24. The van der Waals surface area contributed by atoms with Gasteiger partial charge in [0.2, 0.25) is 0 Å². The number of nitrogens with one attached hydrogen (secondary N) is 1. The molecule has 5 heteroatoms. The minimum Gasteiger partial charge on any atom is -0.497 e. The smallest absolute Gasteiger partial charge is 0.166 e. The summed E-state index contributed by atoms with van der Waals surface area (Å²) in [6, 6.07) is 17.1. The molecule has 0 atom stereocenters. The second kappa shape index (κ2) is 6.24. The van der Waals surface area contributed by atoms with Gasteiger partial charge in [-0.1, -0.05) is 0 Å². The Balaban J connectivity index is 2.01. The van der Waals surface area contributed by atoms with Gasteiger partial charge >= 0.3 is 0 Å². The first-order valence-electron chi connectivity index (χ1n) is 7.04. The first-order valence-corrected chi connectivity index (χ1v) is 7.04. The molecule has 1 heterocycles. The van der Waals surface area contributed by atoms with Crippen molar-refractivity contribution in [2.75, 3.05) is 14.2 Å². The van der Waals surface area contributed by atoms with Crippen molar-refractivity contribution < 1.29 is 9.47 Å². The van der Waals surface area contributed by atoms with E-state index in [4.69, 9.17) is 9.47 Å². The Morgan fingerprint density at radius 1 is 0.870 bits per heavy atom. The third kappa shape index (κ3) is 2.87. The number of nitrogens with zero attached hydrogens (tertiary/aromatic N) is 2. The average Bonchev–Trinajstić information content (AvgIpc) is 3.06. The van der Waals surface area contributed by atoms with Crippen LogP contribution in [0.1, 0.15) is 5.69 Å². The molecule has 114 valence electrons. The van der Waals surface area contributed by atoms with Crippen LogP contribution in [0.25, 0.3) is 22.6 Å². The van der Waals surface area contributed by atoms with Gasteiger partial charge in [0.15, 0.2) is 5.69 Å². The topological polar surface area (TPSA) is 70.9 Å². The highest BCUT2D eigenvalue weighted by molar-refractivity contribution is 5.70. The number of ether oxygens (including phenoxy) is 2. The van der Waals surface area contributed by atoms with Gasteiger partial charge in [0.05, 0.1) is 19.9 Å². The number of methoxy groups -OCH3 is 2. The van der Waals surface area contributed by atoms with Crippen molar-refractivity contribution in [3.8, 4) is 40.2 Å². The fourth-order valence-electron chi connectivity index (χ4n) is 2.31. The maximum absolute atomic E-state index is 9.35. The van der Waals surface area contributed by atoms with Gasteiger partial charge < -0.3 is 14.5 Å². The Labute approximate surface area is 134 Å². The number of nitriles is 1. The molecule has 1 N–H and O–H groups in total. The van der Waals surface area contributed by atoms with Crippen LogP contribution in [0.2, 0.25) is 0 Å². The molecule has 2 aromatic carbocycles. The molecule has 1 aromatic heterocycles. The number of H-pyrrole nitrogens is 1. The first-order chi connectivity index (χ1) is 11.2. The molecule has 0 saturated carbocycles. The van der Waals surface area contributed by atoms with Crippen LogP contribution in [0.4, 0.5) is 0 Å². The van der Waals surface area contributed by atoms with Crippen LogP contribution in [0.15, 0.2) is 48.5 Å². The fraction of sp³-hybridized carbons (Fsp3) is 0.111. The van der Waals surface area contributed by atoms with Crippen molar-refractivity contribution in [1.82, 2.24) is 9.97 Å². The first kappa shape index (κ1) is 14.7. The number of benzene rings is 2. The highest BCUT2D eigenvalue weighted by Crippen LogP contribution is 2.28. The number of aromatic amines is 1. The summed E-state index contributed by atoms with van der Waals surface area (Å²) < 4.78 is 10.3. The molecule has 0 aliphatic heterocycles. The summed E-state index contributed by atoms with van der Waals surface area (Å²) in [5.41, 5.74) is 2.83. The second-order valence-corrected chi connectivity index (χ2v) is 4.88. The van der Waals surface area contributed by atoms with Crippen molar-refractivity contribution in [3.63, 3.8) is 0 Å². The summed E-state index contributed by atoms with van der Waals surface area (Å²) in [6.07, 6.45) is 0. The summed E-state index contributed by atoms with van der Waals surface area (Å²) in [4.78, 5) is 7.61. The SMILES string of the molecule is COc1ccc(-c2nc(C#N)c(-c3ccc(OC)cc3)[nH]2)cc1. The third-order valence-corrected chi connectivity index (χ3v) is 3.55. The molecule has 0 fully saturated rings. The molecular formula is C18H15N3O2. The van der Waals surface area contributed by atoms with Crippen LogP contribution in [0, 0.1) is 11.3 Å². The molecule has 0 bridgehead atoms. The highest BCUT2D eigenvalue weighted by Gasteiger charge is 2.13. The van der Waals surface area contributed by atoms with Gasteiger partial charge in [-0.2, -0.15) is 5.26 Å². The van der Waals surface area contributed by atoms with E-state index in [1.165, 1.54) is 0 Å². The Morgan fingerprint density at radius 3 is 1.87 bits per heavy atom. The van der Waals surface area contributed by atoms with Gasteiger partial charge in [0, 0.05) is 11.1 Å². The number of rotatable bonds is 4. The molecule has 0 radical (unpaired) electrons. The molecule has 0 aliphatic carbocycles. The van der Waals surface area contributed by atoms with Crippen molar-refractivity contribution >= 4 is 0 Å². The van der Waals surface area contributed by atoms with E-state index in [-0.39, 0.29) is 0 Å². The number of hydrogen-bond acceptors (Lipinski definition) is 4. The molecule has 5 nitrogen and oxygen atoms in total. The monoisotopic (exact) mass is 305 g/mol. The van der Waals surface area contributed by atoms with Crippen LogP contribution in [0.3, 0.4) is 0 Å². The van der Waals surface area contributed by atoms with Crippen molar-refractivity contribution in [2.45, 2.75) is 0 Å². The molecular weight excluding hydrogens is 290 g/mol. The van der Waals surface area contributed by atoms with Crippen LogP contribution in [-0.4, -0.2) is 24.2 Å². The number of imidazole rings is 1. The second-order valence-electron chi connectivity index (χ2n) is 4.88. The Bertz CT molecular complexity index is 843. The summed E-state index contributed by atoms with van der Waals surface area (Å²) in [5.74, 6) is 2.19. The summed E-state index contributed by atoms with van der Waals surface area (Å²) in [6.45, 7) is 0. The lowest BCUT2D eigenvalue weighted by Crippen LogP contribution is -1.85. The molecule has 3 aromatic rings. The van der Waals surface area contributed by atoms with E-state index in [0.29, 0.717) is 17.2 Å². The average molecular weight is 305 g/mol. The zero-order valence-corrected chi connectivity index (χ0v) is 12.8. The maximum atomic E-state index is 9.35. The third-order valence-electron chi connectivity index (χ3n) is 3.55. The van der Waals surface area contributed by atoms with Gasteiger partial charge in [-0.25, -0.2) is 4.98 Å². The van der Waals surface area contributed by atoms with Gasteiger partial charge in [0.1, 0.15) is 23.4 Å². The number of hydrogen-bond donors (Lipinski definition) is 1. The number of aromatic nitrogens is 2. The van der Waals surface area contributed by atoms with Crippen LogP contribution in [-0.2, 0) is 0 Å². The Morgan fingerprint density at radius 2 is 1.39 bits per heavy atom. The van der Waals surface area contributed by atoms with E-state index < -0.39 is 0 Å². The highest BCUT2D eigenvalue weighted by atomic mass is 16.5. The van der Waals surface area contributed by atoms with E-state index in [1.807, 2.05) is 48.5 Å². The van der Waals surface area contributed by atoms with E-state index >= 15 is 0 Å². The normalized spacial score (nSPS) is 10.1. The molecule has 0 saturated heterocycles. The van der Waals surface area contributed by atoms with E-state index in [9.17, 15) is 5.26 Å². The summed E-state index contributed by atoms with van der Waals surface area (Å²) >= 11 is 0. The van der Waals surface area contributed by atoms with Gasteiger partial charge in [-0.3, -0.25) is 0 Å². The van der Waals surface area contributed by atoms with E-state index in [0.717, 1.165) is 22.6 Å². The van der Waals surface area contributed by atoms with Crippen molar-refractivity contribution in [2.24, 2.45) is 0 Å². The minimum absolute atomic E-state index is 0.362. The van der Waals surface area contributed by atoms with Crippen molar-refractivity contribution in [1.29, 1.82) is 5.26 Å². The van der Waals surface area contributed by atoms with E-state index in [1.54, 1.807) is 14.2 Å². The zero-order valence-electron chi connectivity index (χ0n) is 12.8. The molecule has 0 amide bonds. The Hall–Kier alpha value is -3.26. The standard InChI is InChI=1S/C18H15N3O2/c1-22-14-7-3-12(4-8-14)17-16(11-19)20-18(21-17)13-5-9-15(23-2)10-6-13/h3-10H,1-2H3,(H,20,21). The lowest BCUT2D eigenvalue weighted by molar-refractivity contribution is 0.415. The summed E-state index contributed by atoms with van der Waals surface area (Å²) in [5, 5.41) is 9.35. The largest absolute Gasteiger partial charge is 0.497 e. The Kier molecular flexibility index (Phi) is 3.98. The zero-order chi connectivity index (χ0) is 16.2. The maximum Gasteiger partial charge on any atom is 0.166 e. The van der Waals surface area contributed by atoms with Gasteiger partial charge in [-0.05, 0) is 48.5 Å². The quantitative estimate of drug-likeness (QED) is 0.799. The predicted molar refractivity (Wildman–Crippen MR) is 87.3 cm³/mol. The van der Waals surface area contributed by atoms with Crippen LogP contribution in [0.5, 0.6) is 11.5 Å². The molecule has 3 rings (SSSR count). The minimum atomic E-state index is 0.362. The van der Waals surface area contributed by atoms with Crippen molar-refractivity contribution in [3.05, 3.63) is 54.2 Å². The molecule has 0 spiro atoms. The van der Waals surface area contributed by atoms with Crippen LogP contribution < -0.4 is 9.47 Å². The van der Waals surface area contributed by atoms with Gasteiger partial charge in [-0.15, -0.1) is 0 Å². The van der Waals surface area contributed by atoms with E-state index in [2.05, 4.69) is 16.0 Å². The lowest BCUT2D eigenvalue weighted by Gasteiger charge is -2.02.